The Balaban J connectivity index is 1.36. The van der Waals surface area contributed by atoms with Crippen molar-refractivity contribution in [2.45, 2.75) is 6.54 Å². The van der Waals surface area contributed by atoms with E-state index in [1.165, 1.54) is 0 Å². The molecule has 0 spiro atoms. The summed E-state index contributed by atoms with van der Waals surface area (Å²) >= 11 is 0. The maximum atomic E-state index is 5.55. The summed E-state index contributed by atoms with van der Waals surface area (Å²) in [5, 5.41) is 4.21. The van der Waals surface area contributed by atoms with Gasteiger partial charge in [0.1, 0.15) is 17.3 Å². The zero-order valence-electron chi connectivity index (χ0n) is 14.8. The van der Waals surface area contributed by atoms with Crippen LogP contribution in [0.2, 0.25) is 0 Å². The zero-order valence-corrected chi connectivity index (χ0v) is 14.8. The third-order valence-corrected chi connectivity index (χ3v) is 4.65. The van der Waals surface area contributed by atoms with E-state index in [4.69, 9.17) is 9.26 Å². The van der Waals surface area contributed by atoms with Gasteiger partial charge in [-0.25, -0.2) is 4.98 Å². The molecule has 1 aliphatic rings. The minimum atomic E-state index is 0.771. The highest BCUT2D eigenvalue weighted by atomic mass is 16.5. The van der Waals surface area contributed by atoms with E-state index in [1.807, 2.05) is 48.7 Å². The second kappa shape index (κ2) is 7.58. The highest BCUT2D eigenvalue weighted by molar-refractivity contribution is 5.60. The first-order chi connectivity index (χ1) is 12.8. The number of hydrogen-bond donors (Lipinski definition) is 0. The Kier molecular flexibility index (Phi) is 4.84. The molecule has 134 valence electrons. The molecule has 6 nitrogen and oxygen atoms in total. The quantitative estimate of drug-likeness (QED) is 0.705. The van der Waals surface area contributed by atoms with E-state index in [-0.39, 0.29) is 0 Å². The van der Waals surface area contributed by atoms with Crippen LogP contribution >= 0.6 is 0 Å². The molecule has 4 rings (SSSR count). The molecule has 26 heavy (non-hydrogen) atoms. The standard InChI is InChI=1S/C20H22N4O2/c1-25-17-6-4-5-16(13-17)19-14-18(26-22-19)15-23-9-11-24(12-10-23)20-7-2-3-8-21-20/h2-8,13-14H,9-12,15H2,1H3. The predicted molar refractivity (Wildman–Crippen MR) is 100 cm³/mol. The average Bonchev–Trinajstić information content (AvgIpc) is 3.18. The molecule has 0 unspecified atom stereocenters. The summed E-state index contributed by atoms with van der Waals surface area (Å²) in [5.41, 5.74) is 1.84. The molecule has 0 radical (unpaired) electrons. The van der Waals surface area contributed by atoms with Gasteiger partial charge in [-0.2, -0.15) is 0 Å². The van der Waals surface area contributed by atoms with Crippen LogP contribution in [-0.2, 0) is 6.54 Å². The molecular formula is C20H22N4O2. The van der Waals surface area contributed by atoms with Crippen LogP contribution in [0.4, 0.5) is 5.82 Å². The Morgan fingerprint density at radius 3 is 2.69 bits per heavy atom. The maximum absolute atomic E-state index is 5.55. The number of nitrogens with zero attached hydrogens (tertiary/aromatic N) is 4. The fourth-order valence-corrected chi connectivity index (χ4v) is 3.20. The van der Waals surface area contributed by atoms with Gasteiger partial charge >= 0.3 is 0 Å². The molecule has 3 aromatic rings. The van der Waals surface area contributed by atoms with Crippen LogP contribution in [0.5, 0.6) is 5.75 Å². The Hall–Kier alpha value is -2.86. The van der Waals surface area contributed by atoms with Gasteiger partial charge in [0.2, 0.25) is 0 Å². The van der Waals surface area contributed by atoms with Gasteiger partial charge in [0.15, 0.2) is 5.76 Å². The molecule has 0 saturated carbocycles. The Bertz CT molecular complexity index is 842. The number of ether oxygens (including phenoxy) is 1. The Labute approximate surface area is 153 Å². The van der Waals surface area contributed by atoms with Crippen molar-refractivity contribution in [3.8, 4) is 17.0 Å². The van der Waals surface area contributed by atoms with Gasteiger partial charge in [-0.05, 0) is 24.3 Å². The monoisotopic (exact) mass is 350 g/mol. The highest BCUT2D eigenvalue weighted by Crippen LogP contribution is 2.24. The van der Waals surface area contributed by atoms with Gasteiger partial charge in [0, 0.05) is 44.0 Å². The largest absolute Gasteiger partial charge is 0.497 e. The first-order valence-electron chi connectivity index (χ1n) is 8.80. The molecule has 3 heterocycles. The van der Waals surface area contributed by atoms with Crippen molar-refractivity contribution in [2.24, 2.45) is 0 Å². The molecule has 2 aromatic heterocycles. The number of methoxy groups -OCH3 is 1. The van der Waals surface area contributed by atoms with Crippen LogP contribution in [0.3, 0.4) is 0 Å². The number of benzene rings is 1. The second-order valence-corrected chi connectivity index (χ2v) is 6.36. The van der Waals surface area contributed by atoms with E-state index in [1.54, 1.807) is 7.11 Å². The van der Waals surface area contributed by atoms with Crippen LogP contribution in [0.25, 0.3) is 11.3 Å². The van der Waals surface area contributed by atoms with Crippen LogP contribution in [0, 0.1) is 0 Å². The fourth-order valence-electron chi connectivity index (χ4n) is 3.20. The summed E-state index contributed by atoms with van der Waals surface area (Å²) in [4.78, 5) is 9.13. The van der Waals surface area contributed by atoms with Gasteiger partial charge in [0.05, 0.1) is 13.7 Å². The first-order valence-corrected chi connectivity index (χ1v) is 8.80. The molecule has 0 N–H and O–H groups in total. The number of piperazine rings is 1. The van der Waals surface area contributed by atoms with Crippen molar-refractivity contribution in [1.29, 1.82) is 0 Å². The summed E-state index contributed by atoms with van der Waals surface area (Å²) in [5.74, 6) is 2.75. The first kappa shape index (κ1) is 16.6. The number of rotatable bonds is 5. The van der Waals surface area contributed by atoms with Crippen LogP contribution < -0.4 is 9.64 Å². The third kappa shape index (κ3) is 3.70. The lowest BCUT2D eigenvalue weighted by molar-refractivity contribution is 0.219. The van der Waals surface area contributed by atoms with Crippen molar-refractivity contribution >= 4 is 5.82 Å². The minimum Gasteiger partial charge on any atom is -0.497 e. The van der Waals surface area contributed by atoms with Gasteiger partial charge in [-0.1, -0.05) is 23.4 Å². The third-order valence-electron chi connectivity index (χ3n) is 4.65. The van der Waals surface area contributed by atoms with Crippen molar-refractivity contribution in [3.63, 3.8) is 0 Å². The summed E-state index contributed by atoms with van der Waals surface area (Å²) in [6.07, 6.45) is 1.84. The van der Waals surface area contributed by atoms with E-state index in [2.05, 4.69) is 26.0 Å². The lowest BCUT2D eigenvalue weighted by atomic mass is 10.1. The fraction of sp³-hybridized carbons (Fsp3) is 0.300. The summed E-state index contributed by atoms with van der Waals surface area (Å²) in [6, 6.07) is 15.9. The lowest BCUT2D eigenvalue weighted by Crippen LogP contribution is -2.46. The average molecular weight is 350 g/mol. The predicted octanol–water partition coefficient (Wildman–Crippen LogP) is 3.07. The van der Waals surface area contributed by atoms with Crippen molar-refractivity contribution in [3.05, 3.63) is 60.5 Å². The van der Waals surface area contributed by atoms with E-state index >= 15 is 0 Å². The molecule has 0 atom stereocenters. The van der Waals surface area contributed by atoms with Crippen molar-refractivity contribution in [2.75, 3.05) is 38.2 Å². The van der Waals surface area contributed by atoms with Crippen LogP contribution in [0.1, 0.15) is 5.76 Å². The molecule has 6 heteroatoms. The molecule has 1 fully saturated rings. The zero-order chi connectivity index (χ0) is 17.8. The van der Waals surface area contributed by atoms with Gasteiger partial charge < -0.3 is 14.2 Å². The summed E-state index contributed by atoms with van der Waals surface area (Å²) in [7, 11) is 1.66. The Morgan fingerprint density at radius 1 is 1.04 bits per heavy atom. The van der Waals surface area contributed by atoms with Crippen molar-refractivity contribution < 1.29 is 9.26 Å². The van der Waals surface area contributed by atoms with Gasteiger partial charge in [-0.3, -0.25) is 4.90 Å². The van der Waals surface area contributed by atoms with Crippen LogP contribution in [0.15, 0.2) is 59.3 Å². The summed E-state index contributed by atoms with van der Waals surface area (Å²) in [6.45, 7) is 4.66. The van der Waals surface area contributed by atoms with Crippen molar-refractivity contribution in [1.82, 2.24) is 15.0 Å². The lowest BCUT2D eigenvalue weighted by Gasteiger charge is -2.34. The molecule has 1 saturated heterocycles. The van der Waals surface area contributed by atoms with Gasteiger partial charge in [-0.15, -0.1) is 0 Å². The van der Waals surface area contributed by atoms with E-state index in [9.17, 15) is 0 Å². The molecule has 0 aliphatic carbocycles. The number of aromatic nitrogens is 2. The van der Waals surface area contributed by atoms with E-state index in [0.717, 1.165) is 61.3 Å². The minimum absolute atomic E-state index is 0.771. The number of hydrogen-bond acceptors (Lipinski definition) is 6. The summed E-state index contributed by atoms with van der Waals surface area (Å²) < 4.78 is 10.8. The smallest absolute Gasteiger partial charge is 0.151 e. The maximum Gasteiger partial charge on any atom is 0.151 e. The molecule has 0 bridgehead atoms. The van der Waals surface area contributed by atoms with E-state index in [0.29, 0.717) is 0 Å². The SMILES string of the molecule is COc1cccc(-c2cc(CN3CCN(c4ccccn4)CC3)on2)c1. The number of anilines is 1. The topological polar surface area (TPSA) is 54.6 Å². The molecular weight excluding hydrogens is 328 g/mol. The molecule has 0 amide bonds. The highest BCUT2D eigenvalue weighted by Gasteiger charge is 2.19. The normalized spacial score (nSPS) is 15.2. The molecule has 1 aliphatic heterocycles. The number of pyridine rings is 1. The van der Waals surface area contributed by atoms with Crippen LogP contribution in [-0.4, -0.2) is 48.3 Å². The molecule has 1 aromatic carbocycles. The second-order valence-electron chi connectivity index (χ2n) is 6.36. The Morgan fingerprint density at radius 2 is 1.92 bits per heavy atom. The van der Waals surface area contributed by atoms with Gasteiger partial charge in [0.25, 0.3) is 0 Å². The van der Waals surface area contributed by atoms with E-state index < -0.39 is 0 Å².